The minimum atomic E-state index is 0.708. The third kappa shape index (κ3) is 1.19. The molecule has 1 fully saturated rings. The molecule has 0 radical (unpaired) electrons. The predicted octanol–water partition coefficient (Wildman–Crippen LogP) is 1.15. The van der Waals surface area contributed by atoms with E-state index >= 15 is 0 Å². The van der Waals surface area contributed by atoms with Crippen LogP contribution < -0.4 is 5.32 Å². The van der Waals surface area contributed by atoms with Crippen LogP contribution in [0.5, 0.6) is 0 Å². The van der Waals surface area contributed by atoms with Crippen molar-refractivity contribution >= 4 is 11.8 Å². The zero-order valence-corrected chi connectivity index (χ0v) is 5.95. The van der Waals surface area contributed by atoms with Crippen LogP contribution in [0.15, 0.2) is 23.1 Å². The Morgan fingerprint density at radius 2 is 2.56 bits per heavy atom. The Labute approximate surface area is 59.2 Å². The van der Waals surface area contributed by atoms with E-state index in [4.69, 9.17) is 0 Å². The van der Waals surface area contributed by atoms with Crippen LogP contribution in [0.2, 0.25) is 0 Å². The summed E-state index contributed by atoms with van der Waals surface area (Å²) in [5.41, 5.74) is 0. The molecule has 2 heterocycles. The van der Waals surface area contributed by atoms with Gasteiger partial charge in [0.2, 0.25) is 0 Å². The van der Waals surface area contributed by atoms with E-state index in [2.05, 4.69) is 23.5 Å². The Hall–Kier alpha value is -0.210. The second kappa shape index (κ2) is 2.20. The summed E-state index contributed by atoms with van der Waals surface area (Å²) in [5.74, 6) is 1.16. The molecule has 2 aliphatic heterocycles. The number of hydrogen-bond donors (Lipinski definition) is 1. The van der Waals surface area contributed by atoms with Crippen molar-refractivity contribution in [2.24, 2.45) is 0 Å². The molecule has 0 aromatic rings. The van der Waals surface area contributed by atoms with Gasteiger partial charge in [0.15, 0.2) is 0 Å². The lowest BCUT2D eigenvalue weighted by Gasteiger charge is -2.03. The maximum Gasteiger partial charge on any atom is 0.0507 e. The highest BCUT2D eigenvalue weighted by Gasteiger charge is 2.24. The maximum absolute atomic E-state index is 3.28. The van der Waals surface area contributed by atoms with E-state index in [0.717, 1.165) is 5.75 Å². The van der Waals surface area contributed by atoms with E-state index in [1.54, 1.807) is 0 Å². The Balaban J connectivity index is 2.07. The number of allylic oxidation sites excluding steroid dienone is 2. The first-order valence-electron chi connectivity index (χ1n) is 3.20. The first kappa shape index (κ1) is 5.57. The highest BCUT2D eigenvalue weighted by molar-refractivity contribution is 8.03. The van der Waals surface area contributed by atoms with Gasteiger partial charge in [0.05, 0.1) is 6.04 Å². The first-order chi connectivity index (χ1) is 4.47. The molecule has 2 aliphatic rings. The number of thioether (sulfide) groups is 1. The van der Waals surface area contributed by atoms with Crippen LogP contribution in [0, 0.1) is 0 Å². The molecule has 1 saturated heterocycles. The molecule has 0 amide bonds. The fraction of sp³-hybridized carbons (Fsp3) is 0.429. The van der Waals surface area contributed by atoms with Gasteiger partial charge in [-0.25, -0.2) is 0 Å². The zero-order chi connectivity index (χ0) is 6.10. The van der Waals surface area contributed by atoms with Crippen LogP contribution in [-0.4, -0.2) is 18.3 Å². The first-order valence-corrected chi connectivity index (χ1v) is 4.18. The monoisotopic (exact) mass is 139 g/mol. The molecule has 2 heteroatoms. The molecule has 0 spiro atoms. The van der Waals surface area contributed by atoms with E-state index in [1.807, 2.05) is 11.8 Å². The predicted molar refractivity (Wildman–Crippen MR) is 41.5 cm³/mol. The lowest BCUT2D eigenvalue weighted by Crippen LogP contribution is -1.94. The molecule has 0 aromatic carbocycles. The summed E-state index contributed by atoms with van der Waals surface area (Å²) >= 11 is 1.95. The molecule has 0 aliphatic carbocycles. The Morgan fingerprint density at radius 3 is 3.11 bits per heavy atom. The Morgan fingerprint density at radius 1 is 1.67 bits per heavy atom. The number of hydrogen-bond acceptors (Lipinski definition) is 2. The van der Waals surface area contributed by atoms with Crippen LogP contribution in [0.3, 0.4) is 0 Å². The van der Waals surface area contributed by atoms with Crippen molar-refractivity contribution in [3.8, 4) is 0 Å². The van der Waals surface area contributed by atoms with Crippen LogP contribution in [0.1, 0.15) is 0 Å². The van der Waals surface area contributed by atoms with Gasteiger partial charge in [0.25, 0.3) is 0 Å². The lowest BCUT2D eigenvalue weighted by molar-refractivity contribution is 1.18. The van der Waals surface area contributed by atoms with Crippen molar-refractivity contribution in [1.82, 2.24) is 5.32 Å². The van der Waals surface area contributed by atoms with Gasteiger partial charge in [-0.1, -0.05) is 18.2 Å². The minimum absolute atomic E-state index is 0.708. The Bertz CT molecular complexity index is 168. The smallest absolute Gasteiger partial charge is 0.0507 e. The largest absolute Gasteiger partial charge is 0.307 e. The molecule has 1 nitrogen and oxygen atoms in total. The van der Waals surface area contributed by atoms with Gasteiger partial charge in [-0.2, -0.15) is 0 Å². The summed E-state index contributed by atoms with van der Waals surface area (Å²) in [6.07, 6.45) is 6.54. The van der Waals surface area contributed by atoms with E-state index in [9.17, 15) is 0 Å². The molecule has 9 heavy (non-hydrogen) atoms. The van der Waals surface area contributed by atoms with Crippen LogP contribution in [0.25, 0.3) is 0 Å². The number of rotatable bonds is 1. The molecule has 0 aromatic heterocycles. The summed E-state index contributed by atoms with van der Waals surface area (Å²) in [4.78, 5) is 1.51. The van der Waals surface area contributed by atoms with Crippen molar-refractivity contribution < 1.29 is 0 Å². The quantitative estimate of drug-likeness (QED) is 0.550. The molecule has 0 bridgehead atoms. The van der Waals surface area contributed by atoms with Gasteiger partial charge in [-0.05, 0) is 0 Å². The molecular formula is C7H9NS. The minimum Gasteiger partial charge on any atom is -0.307 e. The third-order valence-electron chi connectivity index (χ3n) is 1.49. The maximum atomic E-state index is 3.28. The SMILES string of the molecule is C1=CCSC(C2CN2)=C1. The summed E-state index contributed by atoms with van der Waals surface area (Å²) < 4.78 is 0. The summed E-state index contributed by atoms with van der Waals surface area (Å²) in [6.45, 7) is 1.19. The van der Waals surface area contributed by atoms with Crippen LogP contribution in [0.4, 0.5) is 0 Å². The molecule has 1 atom stereocenters. The lowest BCUT2D eigenvalue weighted by atomic mass is 10.3. The summed E-state index contributed by atoms with van der Waals surface area (Å²) in [7, 11) is 0. The number of nitrogens with one attached hydrogen (secondary N) is 1. The van der Waals surface area contributed by atoms with Gasteiger partial charge in [-0.15, -0.1) is 11.8 Å². The zero-order valence-electron chi connectivity index (χ0n) is 5.13. The van der Waals surface area contributed by atoms with Crippen LogP contribution in [-0.2, 0) is 0 Å². The highest BCUT2D eigenvalue weighted by Crippen LogP contribution is 2.26. The van der Waals surface area contributed by atoms with Crippen molar-refractivity contribution in [2.75, 3.05) is 12.3 Å². The molecule has 48 valence electrons. The Kier molecular flexibility index (Phi) is 1.36. The van der Waals surface area contributed by atoms with Gasteiger partial charge in [0, 0.05) is 17.2 Å². The van der Waals surface area contributed by atoms with Gasteiger partial charge in [0.1, 0.15) is 0 Å². The fourth-order valence-corrected chi connectivity index (χ4v) is 1.83. The van der Waals surface area contributed by atoms with Crippen LogP contribution >= 0.6 is 11.8 Å². The standard InChI is InChI=1S/C7H9NS/c1-2-4-9-7(3-1)6-5-8-6/h1-3,6,8H,4-5H2. The average Bonchev–Trinajstić information content (AvgIpc) is 2.71. The fourth-order valence-electron chi connectivity index (χ4n) is 0.888. The average molecular weight is 139 g/mol. The van der Waals surface area contributed by atoms with Crippen molar-refractivity contribution in [1.29, 1.82) is 0 Å². The van der Waals surface area contributed by atoms with E-state index in [-0.39, 0.29) is 0 Å². The topological polar surface area (TPSA) is 21.9 Å². The van der Waals surface area contributed by atoms with E-state index < -0.39 is 0 Å². The third-order valence-corrected chi connectivity index (χ3v) is 2.61. The molecule has 1 N–H and O–H groups in total. The van der Waals surface area contributed by atoms with Crippen molar-refractivity contribution in [3.05, 3.63) is 23.1 Å². The normalized spacial score (nSPS) is 32.0. The van der Waals surface area contributed by atoms with Crippen molar-refractivity contribution in [2.45, 2.75) is 6.04 Å². The summed E-state index contributed by atoms with van der Waals surface area (Å²) in [6, 6.07) is 0.708. The molecule has 1 unspecified atom stereocenters. The van der Waals surface area contributed by atoms with E-state index in [0.29, 0.717) is 6.04 Å². The molecule has 0 saturated carbocycles. The van der Waals surface area contributed by atoms with Gasteiger partial charge < -0.3 is 5.32 Å². The second-order valence-corrected chi connectivity index (χ2v) is 3.36. The molecule has 2 rings (SSSR count). The summed E-state index contributed by atoms with van der Waals surface area (Å²) in [5, 5.41) is 3.28. The highest BCUT2D eigenvalue weighted by atomic mass is 32.2. The second-order valence-electron chi connectivity index (χ2n) is 2.27. The van der Waals surface area contributed by atoms with Gasteiger partial charge in [-0.3, -0.25) is 0 Å². The molecular weight excluding hydrogens is 130 g/mol. The van der Waals surface area contributed by atoms with Gasteiger partial charge >= 0.3 is 0 Å². The van der Waals surface area contributed by atoms with E-state index in [1.165, 1.54) is 11.4 Å². The van der Waals surface area contributed by atoms with Crippen molar-refractivity contribution in [3.63, 3.8) is 0 Å².